The Bertz CT molecular complexity index is 663. The molecule has 0 spiro atoms. The molecule has 0 radical (unpaired) electrons. The van der Waals surface area contributed by atoms with Crippen LogP contribution in [-0.4, -0.2) is 25.4 Å². The van der Waals surface area contributed by atoms with E-state index in [0.29, 0.717) is 17.2 Å². The van der Waals surface area contributed by atoms with E-state index in [0.717, 1.165) is 11.3 Å². The van der Waals surface area contributed by atoms with Crippen LogP contribution in [0.2, 0.25) is 0 Å². The minimum Gasteiger partial charge on any atom is -0.497 e. The highest BCUT2D eigenvalue weighted by Crippen LogP contribution is 2.29. The molecule has 1 amide bonds. The van der Waals surface area contributed by atoms with Crippen molar-refractivity contribution in [3.63, 3.8) is 0 Å². The standard InChI is InChI=1S/C19H23NO3S/c1-5-18(24-17-8-6-13(2)7-9-17)19(21)20-14-10-15(22-3)12-16(11-14)23-4/h6-12,18H,5H2,1-4H3,(H,20,21). The number of carbonyl (C=O) groups is 1. The summed E-state index contributed by atoms with van der Waals surface area (Å²) in [5.41, 5.74) is 1.87. The third-order valence-electron chi connectivity index (χ3n) is 3.58. The Morgan fingerprint density at radius 3 is 2.17 bits per heavy atom. The molecule has 5 heteroatoms. The molecule has 0 aliphatic heterocycles. The van der Waals surface area contributed by atoms with Gasteiger partial charge >= 0.3 is 0 Å². The number of nitrogens with one attached hydrogen (secondary N) is 1. The van der Waals surface area contributed by atoms with Gasteiger partial charge in [0.1, 0.15) is 11.5 Å². The molecule has 0 aliphatic carbocycles. The third kappa shape index (κ3) is 4.93. The van der Waals surface area contributed by atoms with Crippen molar-refractivity contribution in [2.45, 2.75) is 30.4 Å². The molecule has 0 saturated heterocycles. The van der Waals surface area contributed by atoms with Crippen molar-refractivity contribution in [2.24, 2.45) is 0 Å². The van der Waals surface area contributed by atoms with Gasteiger partial charge in [-0.1, -0.05) is 24.6 Å². The highest BCUT2D eigenvalue weighted by Gasteiger charge is 2.18. The van der Waals surface area contributed by atoms with Crippen molar-refractivity contribution < 1.29 is 14.3 Å². The predicted octanol–water partition coefficient (Wildman–Crippen LogP) is 4.52. The summed E-state index contributed by atoms with van der Waals surface area (Å²) in [7, 11) is 3.17. The zero-order valence-electron chi connectivity index (χ0n) is 14.5. The summed E-state index contributed by atoms with van der Waals surface area (Å²) in [5.74, 6) is 1.26. The zero-order chi connectivity index (χ0) is 17.5. The minimum atomic E-state index is -0.162. The van der Waals surface area contributed by atoms with Crippen LogP contribution in [0.4, 0.5) is 5.69 Å². The first kappa shape index (κ1) is 18.2. The Hall–Kier alpha value is -2.14. The summed E-state index contributed by atoms with van der Waals surface area (Å²) < 4.78 is 10.5. The topological polar surface area (TPSA) is 47.6 Å². The van der Waals surface area contributed by atoms with Gasteiger partial charge in [0.15, 0.2) is 0 Å². The second-order valence-corrected chi connectivity index (χ2v) is 6.69. The summed E-state index contributed by atoms with van der Waals surface area (Å²) in [4.78, 5) is 13.7. The molecule has 0 aliphatic rings. The summed E-state index contributed by atoms with van der Waals surface area (Å²) in [5, 5.41) is 2.79. The van der Waals surface area contributed by atoms with Crippen LogP contribution < -0.4 is 14.8 Å². The number of anilines is 1. The smallest absolute Gasteiger partial charge is 0.237 e. The summed E-state index contributed by atoms with van der Waals surface area (Å²) in [6.07, 6.45) is 0.742. The van der Waals surface area contributed by atoms with Gasteiger partial charge in [0.25, 0.3) is 0 Å². The van der Waals surface area contributed by atoms with E-state index in [2.05, 4.69) is 24.4 Å². The summed E-state index contributed by atoms with van der Waals surface area (Å²) in [6.45, 7) is 4.06. The molecular weight excluding hydrogens is 322 g/mol. The number of carbonyl (C=O) groups excluding carboxylic acids is 1. The Morgan fingerprint density at radius 2 is 1.67 bits per heavy atom. The van der Waals surface area contributed by atoms with Crippen LogP contribution >= 0.6 is 11.8 Å². The predicted molar refractivity (Wildman–Crippen MR) is 99.3 cm³/mol. The molecule has 2 aromatic carbocycles. The van der Waals surface area contributed by atoms with Crippen LogP contribution in [0.1, 0.15) is 18.9 Å². The Labute approximate surface area is 147 Å². The van der Waals surface area contributed by atoms with Gasteiger partial charge in [0, 0.05) is 28.8 Å². The van der Waals surface area contributed by atoms with Crippen molar-refractivity contribution in [2.75, 3.05) is 19.5 Å². The van der Waals surface area contributed by atoms with Crippen molar-refractivity contribution in [1.82, 2.24) is 0 Å². The fourth-order valence-electron chi connectivity index (χ4n) is 2.21. The van der Waals surface area contributed by atoms with Crippen molar-refractivity contribution in [1.29, 1.82) is 0 Å². The number of hydrogen-bond acceptors (Lipinski definition) is 4. The molecule has 24 heavy (non-hydrogen) atoms. The number of ether oxygens (including phenoxy) is 2. The maximum absolute atomic E-state index is 12.6. The SMILES string of the molecule is CCC(Sc1ccc(C)cc1)C(=O)Nc1cc(OC)cc(OC)c1. The monoisotopic (exact) mass is 345 g/mol. The largest absolute Gasteiger partial charge is 0.497 e. The molecule has 0 heterocycles. The van der Waals surface area contributed by atoms with E-state index in [1.165, 1.54) is 5.56 Å². The lowest BCUT2D eigenvalue weighted by molar-refractivity contribution is -0.115. The van der Waals surface area contributed by atoms with Gasteiger partial charge in [0.05, 0.1) is 19.5 Å². The quantitative estimate of drug-likeness (QED) is 0.750. The van der Waals surface area contributed by atoms with Gasteiger partial charge < -0.3 is 14.8 Å². The second-order valence-electron chi connectivity index (χ2n) is 5.42. The molecule has 2 rings (SSSR count). The van der Waals surface area contributed by atoms with Gasteiger partial charge in [-0.05, 0) is 25.5 Å². The van der Waals surface area contributed by atoms with Crippen LogP contribution in [-0.2, 0) is 4.79 Å². The number of rotatable bonds is 7. The molecule has 0 saturated carbocycles. The zero-order valence-corrected chi connectivity index (χ0v) is 15.3. The molecule has 0 aromatic heterocycles. The summed E-state index contributed by atoms with van der Waals surface area (Å²) in [6, 6.07) is 13.5. The van der Waals surface area contributed by atoms with Gasteiger partial charge in [-0.15, -0.1) is 11.8 Å². The van der Waals surface area contributed by atoms with Crippen molar-refractivity contribution in [3.05, 3.63) is 48.0 Å². The van der Waals surface area contributed by atoms with E-state index in [9.17, 15) is 4.79 Å². The van der Waals surface area contributed by atoms with Crippen LogP contribution in [0, 0.1) is 6.92 Å². The van der Waals surface area contributed by atoms with Gasteiger partial charge in [-0.25, -0.2) is 0 Å². The van der Waals surface area contributed by atoms with E-state index < -0.39 is 0 Å². The van der Waals surface area contributed by atoms with Crippen LogP contribution in [0.25, 0.3) is 0 Å². The first-order valence-corrected chi connectivity index (χ1v) is 8.71. The van der Waals surface area contributed by atoms with E-state index in [-0.39, 0.29) is 11.2 Å². The maximum Gasteiger partial charge on any atom is 0.237 e. The molecular formula is C19H23NO3S. The van der Waals surface area contributed by atoms with E-state index >= 15 is 0 Å². The molecule has 0 bridgehead atoms. The lowest BCUT2D eigenvalue weighted by Gasteiger charge is -2.16. The Morgan fingerprint density at radius 1 is 1.08 bits per heavy atom. The number of methoxy groups -OCH3 is 2. The number of amides is 1. The lowest BCUT2D eigenvalue weighted by Crippen LogP contribution is -2.24. The normalized spacial score (nSPS) is 11.7. The average Bonchev–Trinajstić information content (AvgIpc) is 2.60. The van der Waals surface area contributed by atoms with Crippen molar-refractivity contribution in [3.8, 4) is 11.5 Å². The highest BCUT2D eigenvalue weighted by atomic mass is 32.2. The van der Waals surface area contributed by atoms with Gasteiger partial charge in [-0.2, -0.15) is 0 Å². The first-order valence-electron chi connectivity index (χ1n) is 7.83. The van der Waals surface area contributed by atoms with E-state index in [1.54, 1.807) is 44.2 Å². The molecule has 1 unspecified atom stereocenters. The van der Waals surface area contributed by atoms with Crippen molar-refractivity contribution >= 4 is 23.4 Å². The number of benzene rings is 2. The molecule has 1 N–H and O–H groups in total. The number of hydrogen-bond donors (Lipinski definition) is 1. The number of aryl methyl sites for hydroxylation is 1. The lowest BCUT2D eigenvalue weighted by atomic mass is 10.2. The molecule has 4 nitrogen and oxygen atoms in total. The fourth-order valence-corrected chi connectivity index (χ4v) is 3.16. The van der Waals surface area contributed by atoms with E-state index in [1.807, 2.05) is 19.1 Å². The maximum atomic E-state index is 12.6. The third-order valence-corrected chi connectivity index (χ3v) is 4.96. The fraction of sp³-hybridized carbons (Fsp3) is 0.316. The van der Waals surface area contributed by atoms with Gasteiger partial charge in [0.2, 0.25) is 5.91 Å². The molecule has 2 aromatic rings. The Kier molecular flexibility index (Phi) is 6.55. The second kappa shape index (κ2) is 8.64. The summed E-state index contributed by atoms with van der Waals surface area (Å²) >= 11 is 1.57. The molecule has 0 fully saturated rings. The van der Waals surface area contributed by atoms with E-state index in [4.69, 9.17) is 9.47 Å². The molecule has 128 valence electrons. The Balaban J connectivity index is 2.10. The van der Waals surface area contributed by atoms with Crippen LogP contribution in [0.15, 0.2) is 47.4 Å². The molecule has 1 atom stereocenters. The van der Waals surface area contributed by atoms with Crippen LogP contribution in [0.3, 0.4) is 0 Å². The average molecular weight is 345 g/mol. The number of thioether (sulfide) groups is 1. The first-order chi connectivity index (χ1) is 11.5. The minimum absolute atomic E-state index is 0.0293. The van der Waals surface area contributed by atoms with Crippen LogP contribution in [0.5, 0.6) is 11.5 Å². The van der Waals surface area contributed by atoms with Gasteiger partial charge in [-0.3, -0.25) is 4.79 Å². The highest BCUT2D eigenvalue weighted by molar-refractivity contribution is 8.00.